The van der Waals surface area contributed by atoms with Gasteiger partial charge in [-0.2, -0.15) is 0 Å². The molecule has 0 fully saturated rings. The molecule has 0 aliphatic rings. The third kappa shape index (κ3) is 17.1. The van der Waals surface area contributed by atoms with Crippen molar-refractivity contribution >= 4 is 5.78 Å². The van der Waals surface area contributed by atoms with Crippen LogP contribution in [0.4, 0.5) is 0 Å². The number of hydrogen-bond donors (Lipinski definition) is 2. The van der Waals surface area contributed by atoms with Crippen molar-refractivity contribution in [2.75, 3.05) is 13.2 Å². The third-order valence-corrected chi connectivity index (χ3v) is 4.89. The highest BCUT2D eigenvalue weighted by Crippen LogP contribution is 2.10. The SMILES string of the molecule is CCCCCCCCC=CCCCCCCCCOC(C(C)=O)C(O)CO. The molecule has 0 aromatic heterocycles. The summed E-state index contributed by atoms with van der Waals surface area (Å²) in [5.41, 5.74) is 0. The summed E-state index contributed by atoms with van der Waals surface area (Å²) in [6, 6.07) is 0. The molecule has 160 valence electrons. The van der Waals surface area contributed by atoms with E-state index in [1.807, 2.05) is 0 Å². The van der Waals surface area contributed by atoms with E-state index in [1.165, 1.54) is 84.0 Å². The van der Waals surface area contributed by atoms with Crippen LogP contribution < -0.4 is 0 Å². The molecule has 27 heavy (non-hydrogen) atoms. The highest BCUT2D eigenvalue weighted by molar-refractivity contribution is 5.81. The van der Waals surface area contributed by atoms with Crippen LogP contribution in [0.3, 0.4) is 0 Å². The molecule has 0 bridgehead atoms. The summed E-state index contributed by atoms with van der Waals surface area (Å²) >= 11 is 0. The van der Waals surface area contributed by atoms with Crippen molar-refractivity contribution in [2.45, 2.75) is 116 Å². The van der Waals surface area contributed by atoms with Crippen LogP contribution in [-0.4, -0.2) is 41.4 Å². The lowest BCUT2D eigenvalue weighted by Crippen LogP contribution is -2.37. The fraction of sp³-hybridized carbons (Fsp3) is 0.870. The molecule has 0 aromatic rings. The molecular weight excluding hydrogens is 340 g/mol. The van der Waals surface area contributed by atoms with Gasteiger partial charge >= 0.3 is 0 Å². The van der Waals surface area contributed by atoms with E-state index < -0.39 is 18.8 Å². The first-order valence-electron chi connectivity index (χ1n) is 11.2. The predicted molar refractivity (Wildman–Crippen MR) is 113 cm³/mol. The second kappa shape index (κ2) is 20.0. The molecule has 0 radical (unpaired) electrons. The van der Waals surface area contributed by atoms with E-state index in [1.54, 1.807) is 0 Å². The lowest BCUT2D eigenvalue weighted by Gasteiger charge is -2.19. The second-order valence-corrected chi connectivity index (χ2v) is 7.59. The van der Waals surface area contributed by atoms with Crippen molar-refractivity contribution in [3.8, 4) is 0 Å². The normalized spacial score (nSPS) is 13.9. The number of aliphatic hydroxyl groups is 2. The number of ether oxygens (including phenoxy) is 1. The van der Waals surface area contributed by atoms with Gasteiger partial charge in [-0.05, 0) is 39.0 Å². The first-order chi connectivity index (χ1) is 13.1. The molecule has 0 rings (SSSR count). The van der Waals surface area contributed by atoms with Gasteiger partial charge in [-0.1, -0.05) is 76.9 Å². The van der Waals surface area contributed by atoms with Crippen molar-refractivity contribution < 1.29 is 19.7 Å². The van der Waals surface area contributed by atoms with Crippen LogP contribution in [0.2, 0.25) is 0 Å². The van der Waals surface area contributed by atoms with Crippen LogP contribution >= 0.6 is 0 Å². The summed E-state index contributed by atoms with van der Waals surface area (Å²) in [6.45, 7) is 3.65. The van der Waals surface area contributed by atoms with Gasteiger partial charge in [0, 0.05) is 6.61 Å². The number of hydrogen-bond acceptors (Lipinski definition) is 4. The maximum absolute atomic E-state index is 11.3. The molecule has 0 aliphatic carbocycles. The average Bonchev–Trinajstić information content (AvgIpc) is 2.66. The molecule has 2 atom stereocenters. The maximum atomic E-state index is 11.3. The lowest BCUT2D eigenvalue weighted by atomic mass is 10.1. The smallest absolute Gasteiger partial charge is 0.161 e. The van der Waals surface area contributed by atoms with Crippen LogP contribution in [0, 0.1) is 0 Å². The number of rotatable bonds is 20. The number of carbonyl (C=O) groups excluding carboxylic acids is 1. The van der Waals surface area contributed by atoms with Crippen molar-refractivity contribution in [3.05, 3.63) is 12.2 Å². The van der Waals surface area contributed by atoms with Gasteiger partial charge in [0.2, 0.25) is 0 Å². The van der Waals surface area contributed by atoms with Gasteiger partial charge in [0.1, 0.15) is 12.2 Å². The first kappa shape index (κ1) is 26.3. The highest BCUT2D eigenvalue weighted by Gasteiger charge is 2.23. The molecular formula is C23H44O4. The van der Waals surface area contributed by atoms with Crippen LogP contribution in [-0.2, 0) is 9.53 Å². The Morgan fingerprint density at radius 1 is 0.852 bits per heavy atom. The van der Waals surface area contributed by atoms with E-state index in [2.05, 4.69) is 19.1 Å². The Labute approximate surface area is 167 Å². The largest absolute Gasteiger partial charge is 0.394 e. The minimum absolute atomic E-state index is 0.235. The number of unbranched alkanes of at least 4 members (excludes halogenated alkanes) is 12. The molecule has 2 unspecified atom stereocenters. The van der Waals surface area contributed by atoms with Crippen molar-refractivity contribution in [3.63, 3.8) is 0 Å². The second-order valence-electron chi connectivity index (χ2n) is 7.59. The van der Waals surface area contributed by atoms with Crippen LogP contribution in [0.25, 0.3) is 0 Å². The third-order valence-electron chi connectivity index (χ3n) is 4.89. The standard InChI is InChI=1S/C23H44O4/c1-3-4-5-6-7-8-9-10-11-12-13-14-15-16-17-18-19-27-23(21(2)25)22(26)20-24/h10-11,22-24,26H,3-9,12-20H2,1-2H3. The topological polar surface area (TPSA) is 66.8 Å². The average molecular weight is 385 g/mol. The summed E-state index contributed by atoms with van der Waals surface area (Å²) in [7, 11) is 0. The summed E-state index contributed by atoms with van der Waals surface area (Å²) in [5, 5.41) is 18.4. The van der Waals surface area contributed by atoms with Crippen molar-refractivity contribution in [1.82, 2.24) is 0 Å². The van der Waals surface area contributed by atoms with Gasteiger partial charge in [0.05, 0.1) is 6.61 Å². The number of allylic oxidation sites excluding steroid dienone is 2. The van der Waals surface area contributed by atoms with Gasteiger partial charge in [-0.3, -0.25) is 4.79 Å². The molecule has 4 nitrogen and oxygen atoms in total. The minimum Gasteiger partial charge on any atom is -0.394 e. The summed E-state index contributed by atoms with van der Waals surface area (Å²) < 4.78 is 5.41. The van der Waals surface area contributed by atoms with Gasteiger partial charge < -0.3 is 14.9 Å². The van der Waals surface area contributed by atoms with E-state index in [0.717, 1.165) is 12.8 Å². The van der Waals surface area contributed by atoms with Crippen molar-refractivity contribution in [2.24, 2.45) is 0 Å². The number of ketones is 1. The number of carbonyl (C=O) groups is 1. The molecule has 0 amide bonds. The zero-order valence-electron chi connectivity index (χ0n) is 17.8. The van der Waals surface area contributed by atoms with Crippen LogP contribution in [0.5, 0.6) is 0 Å². The number of aliphatic hydroxyl groups excluding tert-OH is 2. The van der Waals surface area contributed by atoms with E-state index in [0.29, 0.717) is 6.61 Å². The summed E-state index contributed by atoms with van der Waals surface area (Å²) in [6.07, 6.45) is 20.2. The molecule has 0 heterocycles. The molecule has 0 saturated heterocycles. The van der Waals surface area contributed by atoms with Crippen LogP contribution in [0.15, 0.2) is 12.2 Å². The Hall–Kier alpha value is -0.710. The molecule has 4 heteroatoms. The highest BCUT2D eigenvalue weighted by atomic mass is 16.5. The number of Topliss-reactive ketones (excluding diaryl/α,β-unsaturated/α-hetero) is 1. The Bertz CT molecular complexity index is 354. The molecule has 2 N–H and O–H groups in total. The zero-order chi connectivity index (χ0) is 20.2. The van der Waals surface area contributed by atoms with Gasteiger partial charge in [-0.15, -0.1) is 0 Å². The monoisotopic (exact) mass is 384 g/mol. The van der Waals surface area contributed by atoms with Gasteiger partial charge in [0.25, 0.3) is 0 Å². The van der Waals surface area contributed by atoms with Gasteiger partial charge in [-0.25, -0.2) is 0 Å². The van der Waals surface area contributed by atoms with E-state index in [9.17, 15) is 9.90 Å². The fourth-order valence-corrected chi connectivity index (χ4v) is 3.15. The quantitative estimate of drug-likeness (QED) is 0.219. The predicted octanol–water partition coefficient (Wildman–Crippen LogP) is 5.35. The van der Waals surface area contributed by atoms with E-state index in [-0.39, 0.29) is 5.78 Å². The Morgan fingerprint density at radius 2 is 1.33 bits per heavy atom. The molecule has 0 aliphatic heterocycles. The zero-order valence-corrected chi connectivity index (χ0v) is 17.8. The Balaban J connectivity index is 3.35. The van der Waals surface area contributed by atoms with E-state index in [4.69, 9.17) is 9.84 Å². The maximum Gasteiger partial charge on any atom is 0.161 e. The Morgan fingerprint density at radius 3 is 1.81 bits per heavy atom. The fourth-order valence-electron chi connectivity index (χ4n) is 3.15. The van der Waals surface area contributed by atoms with Crippen molar-refractivity contribution in [1.29, 1.82) is 0 Å². The van der Waals surface area contributed by atoms with Crippen LogP contribution in [0.1, 0.15) is 104 Å². The lowest BCUT2D eigenvalue weighted by molar-refractivity contribution is -0.138. The van der Waals surface area contributed by atoms with Gasteiger partial charge in [0.15, 0.2) is 5.78 Å². The Kier molecular flexibility index (Phi) is 19.5. The van der Waals surface area contributed by atoms with E-state index >= 15 is 0 Å². The summed E-state index contributed by atoms with van der Waals surface area (Å²) in [5.74, 6) is -0.235. The summed E-state index contributed by atoms with van der Waals surface area (Å²) in [4.78, 5) is 11.3. The molecule has 0 saturated carbocycles. The molecule has 0 spiro atoms. The minimum atomic E-state index is -1.11. The first-order valence-corrected chi connectivity index (χ1v) is 11.2. The molecule has 0 aromatic carbocycles.